The van der Waals surface area contributed by atoms with Gasteiger partial charge in [-0.2, -0.15) is 0 Å². The first-order valence-corrected chi connectivity index (χ1v) is 7.54. The van der Waals surface area contributed by atoms with Crippen LogP contribution in [0.1, 0.15) is 25.3 Å². The minimum absolute atomic E-state index is 0.367. The van der Waals surface area contributed by atoms with Crippen molar-refractivity contribution in [2.75, 3.05) is 38.2 Å². The summed E-state index contributed by atoms with van der Waals surface area (Å²) in [6, 6.07) is 6.32. The van der Waals surface area contributed by atoms with Gasteiger partial charge in [0.25, 0.3) is 0 Å². The molecule has 4 nitrogen and oxygen atoms in total. The fourth-order valence-corrected chi connectivity index (χ4v) is 2.91. The molecule has 2 aliphatic heterocycles. The Morgan fingerprint density at radius 2 is 2.10 bits per heavy atom. The van der Waals surface area contributed by atoms with Gasteiger partial charge in [-0.3, -0.25) is 0 Å². The van der Waals surface area contributed by atoms with E-state index in [1.54, 1.807) is 0 Å². The SMILES string of the molecule is CC1(CNCc2cccc3c2OCCN3)CCOCC1. The van der Waals surface area contributed by atoms with Crippen molar-refractivity contribution in [2.45, 2.75) is 26.3 Å². The molecule has 110 valence electrons. The molecule has 2 aliphatic rings. The number of para-hydroxylation sites is 1. The van der Waals surface area contributed by atoms with Crippen molar-refractivity contribution in [3.8, 4) is 5.75 Å². The van der Waals surface area contributed by atoms with Crippen molar-refractivity contribution in [1.29, 1.82) is 0 Å². The minimum Gasteiger partial charge on any atom is -0.489 e. The number of hydrogen-bond acceptors (Lipinski definition) is 4. The number of ether oxygens (including phenoxy) is 2. The Balaban J connectivity index is 1.58. The lowest BCUT2D eigenvalue weighted by Gasteiger charge is -2.34. The van der Waals surface area contributed by atoms with Crippen LogP contribution < -0.4 is 15.4 Å². The third-order valence-electron chi connectivity index (χ3n) is 4.33. The number of benzene rings is 1. The Kier molecular flexibility index (Phi) is 4.13. The molecule has 2 N–H and O–H groups in total. The standard InChI is InChI=1S/C16H24N2O2/c1-16(5-8-19-9-6-16)12-17-11-13-3-2-4-14-15(13)20-10-7-18-14/h2-4,17-18H,5-12H2,1H3. The fraction of sp³-hybridized carbons (Fsp3) is 0.625. The maximum Gasteiger partial charge on any atom is 0.146 e. The molecule has 0 atom stereocenters. The molecule has 1 aromatic carbocycles. The van der Waals surface area contributed by atoms with Crippen LogP contribution in [-0.4, -0.2) is 32.9 Å². The number of hydrogen-bond donors (Lipinski definition) is 2. The topological polar surface area (TPSA) is 42.5 Å². The van der Waals surface area contributed by atoms with Crippen LogP contribution >= 0.6 is 0 Å². The Bertz CT molecular complexity index is 456. The van der Waals surface area contributed by atoms with Gasteiger partial charge in [0.1, 0.15) is 12.4 Å². The molecule has 0 bridgehead atoms. The van der Waals surface area contributed by atoms with Crippen molar-refractivity contribution in [3.63, 3.8) is 0 Å². The summed E-state index contributed by atoms with van der Waals surface area (Å²) in [6.45, 7) is 7.68. The molecule has 0 aliphatic carbocycles. The minimum atomic E-state index is 0.367. The largest absolute Gasteiger partial charge is 0.489 e. The summed E-state index contributed by atoms with van der Waals surface area (Å²) in [6.07, 6.45) is 2.29. The van der Waals surface area contributed by atoms with E-state index in [1.165, 1.54) is 5.56 Å². The van der Waals surface area contributed by atoms with E-state index in [0.29, 0.717) is 5.41 Å². The first-order valence-electron chi connectivity index (χ1n) is 7.54. The molecule has 0 saturated carbocycles. The monoisotopic (exact) mass is 276 g/mol. The normalized spacial score (nSPS) is 20.6. The first kappa shape index (κ1) is 13.7. The van der Waals surface area contributed by atoms with Crippen LogP contribution in [0, 0.1) is 5.41 Å². The second-order valence-corrected chi connectivity index (χ2v) is 6.10. The van der Waals surface area contributed by atoms with Crippen LogP contribution in [0.25, 0.3) is 0 Å². The van der Waals surface area contributed by atoms with E-state index >= 15 is 0 Å². The Labute approximate surface area is 120 Å². The van der Waals surface area contributed by atoms with Crippen molar-refractivity contribution in [3.05, 3.63) is 23.8 Å². The maximum absolute atomic E-state index is 5.80. The highest BCUT2D eigenvalue weighted by Gasteiger charge is 2.26. The molecular formula is C16H24N2O2. The maximum atomic E-state index is 5.80. The van der Waals surface area contributed by atoms with E-state index in [9.17, 15) is 0 Å². The van der Waals surface area contributed by atoms with E-state index in [1.807, 2.05) is 0 Å². The van der Waals surface area contributed by atoms with Gasteiger partial charge in [-0.1, -0.05) is 19.1 Å². The zero-order valence-corrected chi connectivity index (χ0v) is 12.2. The first-order chi connectivity index (χ1) is 9.77. The third kappa shape index (κ3) is 3.07. The molecule has 3 rings (SSSR count). The fourth-order valence-electron chi connectivity index (χ4n) is 2.91. The average Bonchev–Trinajstić information content (AvgIpc) is 2.48. The summed E-state index contributed by atoms with van der Waals surface area (Å²) in [5, 5.41) is 6.98. The van der Waals surface area contributed by atoms with Gasteiger partial charge in [0, 0.05) is 38.4 Å². The molecule has 1 saturated heterocycles. The summed E-state index contributed by atoms with van der Waals surface area (Å²) in [7, 11) is 0. The second-order valence-electron chi connectivity index (χ2n) is 6.10. The summed E-state index contributed by atoms with van der Waals surface area (Å²) >= 11 is 0. The molecule has 2 heterocycles. The van der Waals surface area contributed by atoms with Crippen LogP contribution in [0.2, 0.25) is 0 Å². The highest BCUT2D eigenvalue weighted by molar-refractivity contribution is 5.61. The van der Waals surface area contributed by atoms with Crippen molar-refractivity contribution in [2.24, 2.45) is 5.41 Å². The number of rotatable bonds is 4. The van der Waals surface area contributed by atoms with Gasteiger partial charge in [0.05, 0.1) is 5.69 Å². The third-order valence-corrected chi connectivity index (χ3v) is 4.33. The van der Waals surface area contributed by atoms with Gasteiger partial charge in [-0.25, -0.2) is 0 Å². The predicted octanol–water partition coefficient (Wildman–Crippen LogP) is 2.40. The smallest absolute Gasteiger partial charge is 0.146 e. The quantitative estimate of drug-likeness (QED) is 0.886. The van der Waals surface area contributed by atoms with E-state index in [4.69, 9.17) is 9.47 Å². The lowest BCUT2D eigenvalue weighted by molar-refractivity contribution is 0.0240. The van der Waals surface area contributed by atoms with Gasteiger partial charge in [0.2, 0.25) is 0 Å². The molecule has 0 spiro atoms. The lowest BCUT2D eigenvalue weighted by Crippen LogP contribution is -2.36. The molecule has 20 heavy (non-hydrogen) atoms. The molecule has 4 heteroatoms. The molecular weight excluding hydrogens is 252 g/mol. The van der Waals surface area contributed by atoms with E-state index in [0.717, 1.165) is 63.7 Å². The molecule has 1 fully saturated rings. The van der Waals surface area contributed by atoms with Crippen LogP contribution in [-0.2, 0) is 11.3 Å². The van der Waals surface area contributed by atoms with Gasteiger partial charge in [-0.05, 0) is 24.3 Å². The van der Waals surface area contributed by atoms with Crippen LogP contribution in [0.4, 0.5) is 5.69 Å². The molecule has 0 unspecified atom stereocenters. The van der Waals surface area contributed by atoms with E-state index < -0.39 is 0 Å². The Morgan fingerprint density at radius 3 is 2.95 bits per heavy atom. The summed E-state index contributed by atoms with van der Waals surface area (Å²) in [5.74, 6) is 1.02. The summed E-state index contributed by atoms with van der Waals surface area (Å²) in [4.78, 5) is 0. The number of nitrogens with one attached hydrogen (secondary N) is 2. The van der Waals surface area contributed by atoms with E-state index in [-0.39, 0.29) is 0 Å². The van der Waals surface area contributed by atoms with Gasteiger partial charge >= 0.3 is 0 Å². The van der Waals surface area contributed by atoms with Crippen LogP contribution in [0.5, 0.6) is 5.75 Å². The predicted molar refractivity (Wildman–Crippen MR) is 80.3 cm³/mol. The van der Waals surface area contributed by atoms with Crippen LogP contribution in [0.15, 0.2) is 18.2 Å². The van der Waals surface area contributed by atoms with Crippen molar-refractivity contribution in [1.82, 2.24) is 5.32 Å². The molecule has 0 amide bonds. The zero-order valence-electron chi connectivity index (χ0n) is 12.2. The van der Waals surface area contributed by atoms with Crippen molar-refractivity contribution >= 4 is 5.69 Å². The number of fused-ring (bicyclic) bond motifs is 1. The van der Waals surface area contributed by atoms with Gasteiger partial charge in [0.15, 0.2) is 0 Å². The zero-order chi connectivity index (χ0) is 13.8. The lowest BCUT2D eigenvalue weighted by atomic mass is 9.82. The summed E-state index contributed by atoms with van der Waals surface area (Å²) < 4.78 is 11.2. The average molecular weight is 276 g/mol. The van der Waals surface area contributed by atoms with Gasteiger partial charge < -0.3 is 20.1 Å². The highest BCUT2D eigenvalue weighted by atomic mass is 16.5. The van der Waals surface area contributed by atoms with Crippen LogP contribution in [0.3, 0.4) is 0 Å². The van der Waals surface area contributed by atoms with E-state index in [2.05, 4.69) is 35.8 Å². The molecule has 0 radical (unpaired) electrons. The second kappa shape index (κ2) is 6.02. The molecule has 0 aromatic heterocycles. The summed E-state index contributed by atoms with van der Waals surface area (Å²) in [5.41, 5.74) is 2.73. The van der Waals surface area contributed by atoms with Crippen molar-refractivity contribution < 1.29 is 9.47 Å². The van der Waals surface area contributed by atoms with Gasteiger partial charge in [-0.15, -0.1) is 0 Å². The number of anilines is 1. The molecule has 1 aromatic rings. The Morgan fingerprint density at radius 1 is 1.25 bits per heavy atom. The highest BCUT2D eigenvalue weighted by Crippen LogP contribution is 2.32. The Hall–Kier alpha value is -1.26.